The van der Waals surface area contributed by atoms with E-state index in [0.717, 1.165) is 5.56 Å². The first kappa shape index (κ1) is 19.1. The van der Waals surface area contributed by atoms with Crippen molar-refractivity contribution in [2.75, 3.05) is 6.54 Å². The van der Waals surface area contributed by atoms with E-state index in [2.05, 4.69) is 5.32 Å². The second kappa shape index (κ2) is 8.80. The monoisotopic (exact) mass is 368 g/mol. The number of carbonyl (C=O) groups is 2. The van der Waals surface area contributed by atoms with E-state index in [1.807, 2.05) is 31.2 Å². The molecule has 1 aliphatic rings. The maximum atomic E-state index is 13.6. The number of hydrogen-bond acceptors (Lipinski definition) is 2. The third-order valence-electron chi connectivity index (χ3n) is 5.02. The first-order valence-electron chi connectivity index (χ1n) is 9.38. The third-order valence-corrected chi connectivity index (χ3v) is 5.02. The number of hydrogen-bond donors (Lipinski definition) is 1. The highest BCUT2D eigenvalue weighted by Crippen LogP contribution is 2.24. The Bertz CT molecular complexity index is 804. The van der Waals surface area contributed by atoms with Crippen molar-refractivity contribution in [1.82, 2.24) is 10.2 Å². The lowest BCUT2D eigenvalue weighted by Gasteiger charge is -2.24. The van der Waals surface area contributed by atoms with E-state index in [9.17, 15) is 14.0 Å². The second-order valence-corrected chi connectivity index (χ2v) is 7.10. The lowest BCUT2D eigenvalue weighted by atomic mass is 10.1. The first-order valence-corrected chi connectivity index (χ1v) is 9.38. The van der Waals surface area contributed by atoms with Crippen LogP contribution in [0.25, 0.3) is 0 Å². The van der Waals surface area contributed by atoms with Gasteiger partial charge in [0.1, 0.15) is 5.82 Å². The molecule has 2 amide bonds. The summed E-state index contributed by atoms with van der Waals surface area (Å²) in [6.07, 6.45) is 1.93. The summed E-state index contributed by atoms with van der Waals surface area (Å²) in [4.78, 5) is 26.3. The Labute approximate surface area is 159 Å². The van der Waals surface area contributed by atoms with Crippen molar-refractivity contribution in [3.63, 3.8) is 0 Å². The minimum absolute atomic E-state index is 0.0766. The van der Waals surface area contributed by atoms with Crippen molar-refractivity contribution >= 4 is 11.8 Å². The topological polar surface area (TPSA) is 49.4 Å². The van der Waals surface area contributed by atoms with E-state index >= 15 is 0 Å². The average Bonchev–Trinajstić information content (AvgIpc) is 2.98. The van der Waals surface area contributed by atoms with Gasteiger partial charge in [0, 0.05) is 32.0 Å². The SMILES string of the molecule is Cc1ccc(CN2C(=O)CCC2CC(=O)NCCc2ccccc2F)cc1. The number of nitrogens with one attached hydrogen (secondary N) is 1. The fourth-order valence-corrected chi connectivity index (χ4v) is 3.44. The normalized spacial score (nSPS) is 16.6. The third kappa shape index (κ3) is 5.16. The Balaban J connectivity index is 1.50. The Morgan fingerprint density at radius 3 is 2.67 bits per heavy atom. The summed E-state index contributed by atoms with van der Waals surface area (Å²) in [7, 11) is 0. The number of benzene rings is 2. The standard InChI is InChI=1S/C22H25FN2O2/c1-16-6-8-17(9-7-16)15-25-19(10-11-22(25)27)14-21(26)24-13-12-18-4-2-3-5-20(18)23/h2-9,19H,10-15H2,1H3,(H,24,26). The largest absolute Gasteiger partial charge is 0.356 e. The summed E-state index contributed by atoms with van der Waals surface area (Å²) in [6.45, 7) is 2.95. The molecule has 0 aliphatic carbocycles. The molecule has 1 heterocycles. The van der Waals surface area contributed by atoms with Gasteiger partial charge in [0.2, 0.25) is 11.8 Å². The first-order chi connectivity index (χ1) is 13.0. The van der Waals surface area contributed by atoms with Crippen LogP contribution in [0.5, 0.6) is 0 Å². The van der Waals surface area contributed by atoms with E-state index in [0.29, 0.717) is 37.9 Å². The quantitative estimate of drug-likeness (QED) is 0.815. The fourth-order valence-electron chi connectivity index (χ4n) is 3.44. The predicted octanol–water partition coefficient (Wildman–Crippen LogP) is 3.37. The molecule has 0 aromatic heterocycles. The van der Waals surface area contributed by atoms with E-state index < -0.39 is 0 Å². The van der Waals surface area contributed by atoms with Crippen LogP contribution in [-0.2, 0) is 22.6 Å². The second-order valence-electron chi connectivity index (χ2n) is 7.10. The van der Waals surface area contributed by atoms with Crippen LogP contribution < -0.4 is 5.32 Å². The number of rotatable bonds is 7. The van der Waals surface area contributed by atoms with Crippen LogP contribution >= 0.6 is 0 Å². The van der Waals surface area contributed by atoms with Gasteiger partial charge < -0.3 is 10.2 Å². The smallest absolute Gasteiger partial charge is 0.223 e. The number of carbonyl (C=O) groups excluding carboxylic acids is 2. The summed E-state index contributed by atoms with van der Waals surface area (Å²) in [5.41, 5.74) is 2.84. The van der Waals surface area contributed by atoms with Gasteiger partial charge in [0.15, 0.2) is 0 Å². The molecule has 5 heteroatoms. The van der Waals surface area contributed by atoms with E-state index in [1.54, 1.807) is 23.1 Å². The van der Waals surface area contributed by atoms with Crippen LogP contribution in [0.2, 0.25) is 0 Å². The van der Waals surface area contributed by atoms with Gasteiger partial charge in [-0.2, -0.15) is 0 Å². The van der Waals surface area contributed by atoms with E-state index in [-0.39, 0.29) is 30.1 Å². The summed E-state index contributed by atoms with van der Waals surface area (Å²) in [5.74, 6) is -0.253. The Hall–Kier alpha value is -2.69. The zero-order chi connectivity index (χ0) is 19.2. The van der Waals surface area contributed by atoms with Gasteiger partial charge >= 0.3 is 0 Å². The highest BCUT2D eigenvalue weighted by molar-refractivity contribution is 5.82. The molecule has 27 heavy (non-hydrogen) atoms. The van der Waals surface area contributed by atoms with Crippen LogP contribution in [0.15, 0.2) is 48.5 Å². The highest BCUT2D eigenvalue weighted by Gasteiger charge is 2.32. The molecule has 3 rings (SSSR count). The number of aryl methyl sites for hydroxylation is 1. The summed E-state index contributed by atoms with van der Waals surface area (Å²) in [5, 5.41) is 2.85. The van der Waals surface area contributed by atoms with Crippen LogP contribution in [0.4, 0.5) is 4.39 Å². The number of nitrogens with zero attached hydrogens (tertiary/aromatic N) is 1. The number of amides is 2. The maximum absolute atomic E-state index is 13.6. The predicted molar refractivity (Wildman–Crippen MR) is 102 cm³/mol. The molecule has 142 valence electrons. The Kier molecular flexibility index (Phi) is 6.22. The average molecular weight is 368 g/mol. The minimum atomic E-state index is -0.252. The summed E-state index contributed by atoms with van der Waals surface area (Å²) >= 11 is 0. The molecule has 1 unspecified atom stereocenters. The van der Waals surface area contributed by atoms with Gasteiger partial charge in [0.05, 0.1) is 0 Å². The summed E-state index contributed by atoms with van der Waals surface area (Å²) < 4.78 is 13.6. The molecular weight excluding hydrogens is 343 g/mol. The molecular formula is C22H25FN2O2. The molecule has 2 aromatic carbocycles. The van der Waals surface area contributed by atoms with Gasteiger partial charge in [-0.3, -0.25) is 9.59 Å². The molecule has 1 saturated heterocycles. The fraction of sp³-hybridized carbons (Fsp3) is 0.364. The molecule has 4 nitrogen and oxygen atoms in total. The van der Waals surface area contributed by atoms with Crippen LogP contribution in [0.1, 0.15) is 36.0 Å². The number of likely N-dealkylation sites (tertiary alicyclic amines) is 1. The van der Waals surface area contributed by atoms with Crippen molar-refractivity contribution in [2.45, 2.75) is 45.2 Å². The van der Waals surface area contributed by atoms with Crippen molar-refractivity contribution in [1.29, 1.82) is 0 Å². The lowest BCUT2D eigenvalue weighted by Crippen LogP contribution is -2.37. The molecule has 1 atom stereocenters. The lowest BCUT2D eigenvalue weighted by molar-refractivity contribution is -0.130. The van der Waals surface area contributed by atoms with Crippen molar-refractivity contribution in [3.8, 4) is 0 Å². The van der Waals surface area contributed by atoms with Crippen molar-refractivity contribution < 1.29 is 14.0 Å². The van der Waals surface area contributed by atoms with Gasteiger partial charge in [-0.1, -0.05) is 48.0 Å². The zero-order valence-corrected chi connectivity index (χ0v) is 15.6. The summed E-state index contributed by atoms with van der Waals surface area (Å²) in [6, 6.07) is 14.6. The van der Waals surface area contributed by atoms with E-state index in [1.165, 1.54) is 11.6 Å². The molecule has 0 radical (unpaired) electrons. The Morgan fingerprint density at radius 2 is 1.93 bits per heavy atom. The van der Waals surface area contributed by atoms with Gasteiger partial charge in [-0.25, -0.2) is 4.39 Å². The number of halogens is 1. The molecule has 0 bridgehead atoms. The molecule has 2 aromatic rings. The van der Waals surface area contributed by atoms with Crippen LogP contribution in [0, 0.1) is 12.7 Å². The van der Waals surface area contributed by atoms with Gasteiger partial charge in [0.25, 0.3) is 0 Å². The van der Waals surface area contributed by atoms with Crippen molar-refractivity contribution in [3.05, 3.63) is 71.0 Å². The van der Waals surface area contributed by atoms with Gasteiger partial charge in [-0.05, 0) is 37.0 Å². The highest BCUT2D eigenvalue weighted by atomic mass is 19.1. The molecule has 0 saturated carbocycles. The van der Waals surface area contributed by atoms with Gasteiger partial charge in [-0.15, -0.1) is 0 Å². The minimum Gasteiger partial charge on any atom is -0.356 e. The van der Waals surface area contributed by atoms with E-state index in [4.69, 9.17) is 0 Å². The van der Waals surface area contributed by atoms with Crippen molar-refractivity contribution in [2.24, 2.45) is 0 Å². The van der Waals surface area contributed by atoms with Crippen LogP contribution in [-0.4, -0.2) is 29.3 Å². The Morgan fingerprint density at radius 1 is 1.19 bits per heavy atom. The molecule has 1 fully saturated rings. The zero-order valence-electron chi connectivity index (χ0n) is 15.6. The molecule has 1 N–H and O–H groups in total. The molecule has 1 aliphatic heterocycles. The molecule has 0 spiro atoms. The van der Waals surface area contributed by atoms with Crippen LogP contribution in [0.3, 0.4) is 0 Å². The maximum Gasteiger partial charge on any atom is 0.223 e.